The molecule has 0 spiro atoms. The second-order valence-corrected chi connectivity index (χ2v) is 8.11. The number of hydrogen-bond acceptors (Lipinski definition) is 2. The molecule has 2 heterocycles. The van der Waals surface area contributed by atoms with Crippen LogP contribution < -0.4 is 0 Å². The van der Waals surface area contributed by atoms with Gasteiger partial charge in [-0.1, -0.05) is 22.9 Å². The topological polar surface area (TPSA) is 20.3 Å². The van der Waals surface area contributed by atoms with Gasteiger partial charge in [0.2, 0.25) is 0 Å². The van der Waals surface area contributed by atoms with Gasteiger partial charge in [0, 0.05) is 22.8 Å². The minimum atomic E-state index is 0.255. The maximum Gasteiger partial charge on any atom is 0.263 e. The van der Waals surface area contributed by atoms with Crippen molar-refractivity contribution in [3.8, 4) is 0 Å². The Labute approximate surface area is 127 Å². The molecule has 4 heteroatoms. The Morgan fingerprint density at radius 3 is 2.95 bits per heavy atom. The van der Waals surface area contributed by atoms with Crippen LogP contribution in [0.3, 0.4) is 0 Å². The number of amides is 1. The lowest BCUT2D eigenvalue weighted by Gasteiger charge is -2.34. The van der Waals surface area contributed by atoms with Crippen molar-refractivity contribution in [3.63, 3.8) is 0 Å². The Balaban J connectivity index is 1.75. The largest absolute Gasteiger partial charge is 0.338 e. The fourth-order valence-electron chi connectivity index (χ4n) is 3.05. The first-order valence-electron chi connectivity index (χ1n) is 7.20. The molecular formula is C15H20BrNOS. The van der Waals surface area contributed by atoms with Gasteiger partial charge in [0.15, 0.2) is 0 Å². The van der Waals surface area contributed by atoms with Crippen LogP contribution in [0, 0.1) is 5.92 Å². The molecule has 0 saturated carbocycles. The number of likely N-dealkylation sites (tertiary alicyclic amines) is 1. The summed E-state index contributed by atoms with van der Waals surface area (Å²) in [5.74, 6) is 0.804. The zero-order chi connectivity index (χ0) is 13.4. The van der Waals surface area contributed by atoms with Crippen molar-refractivity contribution in [2.75, 3.05) is 13.1 Å². The molecule has 1 aliphatic carbocycles. The summed E-state index contributed by atoms with van der Waals surface area (Å²) in [5.41, 5.74) is 1.43. The Bertz CT molecular complexity index is 461. The lowest BCUT2D eigenvalue weighted by Crippen LogP contribution is -2.43. The van der Waals surface area contributed by atoms with Gasteiger partial charge in [-0.25, -0.2) is 0 Å². The minimum Gasteiger partial charge on any atom is -0.338 e. The van der Waals surface area contributed by atoms with Gasteiger partial charge in [0.25, 0.3) is 5.91 Å². The van der Waals surface area contributed by atoms with Crippen molar-refractivity contribution in [1.82, 2.24) is 4.90 Å². The van der Waals surface area contributed by atoms with Crippen LogP contribution in [0.4, 0.5) is 0 Å². The molecule has 3 rings (SSSR count). The lowest BCUT2D eigenvalue weighted by molar-refractivity contribution is 0.0695. The number of rotatable bonds is 1. The van der Waals surface area contributed by atoms with E-state index in [9.17, 15) is 4.79 Å². The molecule has 1 fully saturated rings. The van der Waals surface area contributed by atoms with Crippen molar-refractivity contribution < 1.29 is 4.79 Å². The smallest absolute Gasteiger partial charge is 0.263 e. The molecule has 2 atom stereocenters. The van der Waals surface area contributed by atoms with E-state index in [0.717, 1.165) is 24.4 Å². The molecule has 0 N–H and O–H groups in total. The van der Waals surface area contributed by atoms with E-state index in [-0.39, 0.29) is 5.91 Å². The van der Waals surface area contributed by atoms with Crippen LogP contribution in [-0.4, -0.2) is 28.7 Å². The van der Waals surface area contributed by atoms with E-state index in [2.05, 4.69) is 28.9 Å². The average molecular weight is 342 g/mol. The van der Waals surface area contributed by atoms with Crippen LogP contribution in [-0.2, 0) is 12.8 Å². The minimum absolute atomic E-state index is 0.255. The van der Waals surface area contributed by atoms with Gasteiger partial charge in [-0.05, 0) is 49.7 Å². The number of nitrogens with zero attached hydrogens (tertiary/aromatic N) is 1. The second kappa shape index (κ2) is 5.57. The molecule has 19 heavy (non-hydrogen) atoms. The number of aryl methyl sites for hydroxylation is 2. The molecule has 1 aromatic heterocycles. The second-order valence-electron chi connectivity index (χ2n) is 5.80. The van der Waals surface area contributed by atoms with E-state index in [1.54, 1.807) is 11.3 Å². The third-order valence-electron chi connectivity index (χ3n) is 4.30. The van der Waals surface area contributed by atoms with Crippen molar-refractivity contribution in [2.45, 2.75) is 43.9 Å². The van der Waals surface area contributed by atoms with Crippen molar-refractivity contribution >= 4 is 33.2 Å². The van der Waals surface area contributed by atoms with E-state index >= 15 is 0 Å². The first-order chi connectivity index (χ1) is 9.15. The quantitative estimate of drug-likeness (QED) is 0.710. The highest BCUT2D eigenvalue weighted by Crippen LogP contribution is 2.31. The van der Waals surface area contributed by atoms with Crippen LogP contribution in [0.25, 0.3) is 0 Å². The summed E-state index contributed by atoms with van der Waals surface area (Å²) in [7, 11) is 0. The number of carbonyl (C=O) groups excluding carboxylic acids is 1. The van der Waals surface area contributed by atoms with E-state index in [4.69, 9.17) is 0 Å². The zero-order valence-electron chi connectivity index (χ0n) is 11.3. The van der Waals surface area contributed by atoms with E-state index < -0.39 is 0 Å². The van der Waals surface area contributed by atoms with Gasteiger partial charge in [0.05, 0.1) is 4.88 Å². The van der Waals surface area contributed by atoms with Crippen LogP contribution >= 0.6 is 27.3 Å². The number of hydrogen-bond donors (Lipinski definition) is 0. The first kappa shape index (κ1) is 13.6. The Morgan fingerprint density at radius 2 is 2.21 bits per heavy atom. The molecule has 1 aromatic rings. The maximum absolute atomic E-state index is 12.6. The highest BCUT2D eigenvalue weighted by Gasteiger charge is 2.29. The van der Waals surface area contributed by atoms with Crippen LogP contribution in [0.1, 0.15) is 46.3 Å². The molecule has 0 bridgehead atoms. The third-order valence-corrected chi connectivity index (χ3v) is 6.88. The molecule has 2 unspecified atom stereocenters. The summed E-state index contributed by atoms with van der Waals surface area (Å²) in [5, 5.41) is 0. The number of thiophene rings is 1. The Morgan fingerprint density at radius 1 is 1.42 bits per heavy atom. The average Bonchev–Trinajstić information content (AvgIpc) is 2.85. The molecule has 2 aliphatic rings. The molecule has 1 amide bonds. The maximum atomic E-state index is 12.6. The first-order valence-corrected chi connectivity index (χ1v) is 8.93. The Kier molecular flexibility index (Phi) is 3.99. The van der Waals surface area contributed by atoms with Gasteiger partial charge in [-0.3, -0.25) is 4.79 Å². The molecule has 1 aliphatic heterocycles. The monoisotopic (exact) mass is 341 g/mol. The van der Waals surface area contributed by atoms with E-state index in [1.807, 2.05) is 4.90 Å². The summed E-state index contributed by atoms with van der Waals surface area (Å²) in [4.78, 5) is 17.6. The summed E-state index contributed by atoms with van der Waals surface area (Å²) in [6.45, 7) is 4.00. The van der Waals surface area contributed by atoms with Gasteiger partial charge in [-0.2, -0.15) is 0 Å². The molecule has 1 saturated heterocycles. The number of alkyl halides is 1. The fraction of sp³-hybridized carbons (Fsp3) is 0.667. The highest BCUT2D eigenvalue weighted by molar-refractivity contribution is 9.09. The molecule has 0 aromatic carbocycles. The third kappa shape index (κ3) is 2.75. The lowest BCUT2D eigenvalue weighted by atomic mass is 9.98. The zero-order valence-corrected chi connectivity index (χ0v) is 13.7. The van der Waals surface area contributed by atoms with Crippen molar-refractivity contribution in [1.29, 1.82) is 0 Å². The summed E-state index contributed by atoms with van der Waals surface area (Å²) < 4.78 is 0. The van der Waals surface area contributed by atoms with Gasteiger partial charge in [0.1, 0.15) is 0 Å². The van der Waals surface area contributed by atoms with Crippen LogP contribution in [0.2, 0.25) is 0 Å². The van der Waals surface area contributed by atoms with Crippen molar-refractivity contribution in [2.24, 2.45) is 5.92 Å². The van der Waals surface area contributed by atoms with E-state index in [0.29, 0.717) is 10.7 Å². The van der Waals surface area contributed by atoms with Crippen molar-refractivity contribution in [3.05, 3.63) is 21.4 Å². The predicted octanol–water partition coefficient (Wildman–Crippen LogP) is 3.87. The molecule has 0 radical (unpaired) electrons. The van der Waals surface area contributed by atoms with Gasteiger partial charge >= 0.3 is 0 Å². The number of halogens is 1. The van der Waals surface area contributed by atoms with Gasteiger partial charge in [-0.15, -0.1) is 11.3 Å². The highest BCUT2D eigenvalue weighted by atomic mass is 79.9. The fourth-order valence-corrected chi connectivity index (χ4v) is 4.65. The SMILES string of the molecule is CC1CN(C(=O)c2cc3c(s2)CCCC3)CCC1Br. The van der Waals surface area contributed by atoms with Crippen LogP contribution in [0.15, 0.2) is 6.07 Å². The number of piperidine rings is 1. The van der Waals surface area contributed by atoms with Crippen LogP contribution in [0.5, 0.6) is 0 Å². The number of fused-ring (bicyclic) bond motifs is 1. The molecule has 104 valence electrons. The predicted molar refractivity (Wildman–Crippen MR) is 83.4 cm³/mol. The molecule has 2 nitrogen and oxygen atoms in total. The summed E-state index contributed by atoms with van der Waals surface area (Å²) in [6, 6.07) is 2.16. The number of carbonyl (C=O) groups is 1. The molecular weight excluding hydrogens is 322 g/mol. The summed E-state index contributed by atoms with van der Waals surface area (Å²) in [6.07, 6.45) is 5.97. The summed E-state index contributed by atoms with van der Waals surface area (Å²) >= 11 is 5.43. The van der Waals surface area contributed by atoms with E-state index in [1.165, 1.54) is 36.1 Å². The standard InChI is InChI=1S/C15H20BrNOS/c1-10-9-17(7-6-12(10)16)15(18)14-8-11-4-2-3-5-13(11)19-14/h8,10,12H,2-7,9H2,1H3. The Hall–Kier alpha value is -0.350. The normalized spacial score (nSPS) is 27.2. The van der Waals surface area contributed by atoms with Gasteiger partial charge < -0.3 is 4.90 Å².